The Kier molecular flexibility index (Phi) is 3.85. The van der Waals surface area contributed by atoms with Crippen LogP contribution in [0.5, 0.6) is 0 Å². The SMILES string of the molecule is Cc1ccc(CNC2CCOC3(CCCC3)C2)cn1. The summed E-state index contributed by atoms with van der Waals surface area (Å²) >= 11 is 0. The maximum absolute atomic E-state index is 6.07. The van der Waals surface area contributed by atoms with Crippen molar-refractivity contribution in [2.45, 2.75) is 63.6 Å². The Labute approximate surface area is 115 Å². The first-order chi connectivity index (χ1) is 9.26. The van der Waals surface area contributed by atoms with E-state index in [1.54, 1.807) is 0 Å². The molecule has 0 bridgehead atoms. The molecule has 2 fully saturated rings. The summed E-state index contributed by atoms with van der Waals surface area (Å²) in [5.74, 6) is 0. The van der Waals surface area contributed by atoms with Crippen LogP contribution in [0.15, 0.2) is 18.3 Å². The van der Waals surface area contributed by atoms with E-state index in [1.165, 1.54) is 37.7 Å². The molecule has 1 aliphatic carbocycles. The van der Waals surface area contributed by atoms with Crippen molar-refractivity contribution in [1.82, 2.24) is 10.3 Å². The minimum atomic E-state index is 0.210. The van der Waals surface area contributed by atoms with Gasteiger partial charge >= 0.3 is 0 Å². The van der Waals surface area contributed by atoms with Crippen LogP contribution in [0.4, 0.5) is 0 Å². The van der Waals surface area contributed by atoms with E-state index in [4.69, 9.17) is 4.74 Å². The second kappa shape index (κ2) is 5.59. The number of rotatable bonds is 3. The normalized spacial score (nSPS) is 25.8. The lowest BCUT2D eigenvalue weighted by atomic mass is 9.89. The predicted molar refractivity (Wildman–Crippen MR) is 76.0 cm³/mol. The lowest BCUT2D eigenvalue weighted by Crippen LogP contribution is -2.45. The van der Waals surface area contributed by atoms with Crippen molar-refractivity contribution in [3.8, 4) is 0 Å². The summed E-state index contributed by atoms with van der Waals surface area (Å²) in [5, 5.41) is 3.69. The van der Waals surface area contributed by atoms with Gasteiger partial charge in [0, 0.05) is 31.1 Å². The third kappa shape index (κ3) is 3.15. The highest BCUT2D eigenvalue weighted by Crippen LogP contribution is 2.39. The van der Waals surface area contributed by atoms with Crippen LogP contribution in [0.3, 0.4) is 0 Å². The van der Waals surface area contributed by atoms with Gasteiger partial charge in [-0.25, -0.2) is 0 Å². The van der Waals surface area contributed by atoms with Crippen molar-refractivity contribution in [3.63, 3.8) is 0 Å². The molecule has 1 unspecified atom stereocenters. The van der Waals surface area contributed by atoms with Crippen molar-refractivity contribution in [2.75, 3.05) is 6.61 Å². The first-order valence-corrected chi connectivity index (χ1v) is 7.55. The molecule has 104 valence electrons. The molecule has 3 nitrogen and oxygen atoms in total. The van der Waals surface area contributed by atoms with Crippen LogP contribution >= 0.6 is 0 Å². The predicted octanol–water partition coefficient (Wildman–Crippen LogP) is 2.97. The molecule has 1 aliphatic heterocycles. The van der Waals surface area contributed by atoms with Crippen LogP contribution in [0, 0.1) is 6.92 Å². The standard InChI is InChI=1S/C16H24N2O/c1-13-4-5-14(11-17-13)12-18-15-6-9-19-16(10-15)7-2-3-8-16/h4-5,11,15,18H,2-3,6-10,12H2,1H3. The van der Waals surface area contributed by atoms with Crippen molar-refractivity contribution < 1.29 is 4.74 Å². The van der Waals surface area contributed by atoms with Crippen LogP contribution < -0.4 is 5.32 Å². The molecule has 19 heavy (non-hydrogen) atoms. The topological polar surface area (TPSA) is 34.1 Å². The molecule has 2 aliphatic rings. The van der Waals surface area contributed by atoms with Crippen molar-refractivity contribution in [1.29, 1.82) is 0 Å². The van der Waals surface area contributed by atoms with Gasteiger partial charge in [-0.3, -0.25) is 4.98 Å². The van der Waals surface area contributed by atoms with Crippen molar-refractivity contribution in [2.24, 2.45) is 0 Å². The molecule has 2 heterocycles. The van der Waals surface area contributed by atoms with Gasteiger partial charge in [0.25, 0.3) is 0 Å². The summed E-state index contributed by atoms with van der Waals surface area (Å²) in [4.78, 5) is 4.35. The highest BCUT2D eigenvalue weighted by Gasteiger charge is 2.39. The zero-order valence-corrected chi connectivity index (χ0v) is 11.8. The molecule has 3 rings (SSSR count). The molecule has 0 amide bonds. The number of nitrogens with zero attached hydrogens (tertiary/aromatic N) is 1. The zero-order valence-electron chi connectivity index (χ0n) is 11.8. The molecule has 1 aromatic rings. The van der Waals surface area contributed by atoms with Crippen molar-refractivity contribution in [3.05, 3.63) is 29.6 Å². The van der Waals surface area contributed by atoms with Crippen LogP contribution in [-0.4, -0.2) is 23.2 Å². The van der Waals surface area contributed by atoms with E-state index in [0.717, 1.165) is 25.3 Å². The second-order valence-corrected chi connectivity index (χ2v) is 6.12. The summed E-state index contributed by atoms with van der Waals surface area (Å²) in [5.41, 5.74) is 2.57. The fourth-order valence-corrected chi connectivity index (χ4v) is 3.43. The van der Waals surface area contributed by atoms with Crippen LogP contribution in [-0.2, 0) is 11.3 Å². The van der Waals surface area contributed by atoms with Gasteiger partial charge in [0.1, 0.15) is 0 Å². The fraction of sp³-hybridized carbons (Fsp3) is 0.688. The van der Waals surface area contributed by atoms with Crippen molar-refractivity contribution >= 4 is 0 Å². The molecule has 0 radical (unpaired) electrons. The molecule has 1 saturated heterocycles. The molecule has 1 spiro atoms. The number of pyridine rings is 1. The molecule has 3 heteroatoms. The van der Waals surface area contributed by atoms with Gasteiger partial charge in [0.2, 0.25) is 0 Å². The molecule has 0 aromatic carbocycles. The molecule has 1 N–H and O–H groups in total. The quantitative estimate of drug-likeness (QED) is 0.907. The van der Waals surface area contributed by atoms with Crippen LogP contribution in [0.25, 0.3) is 0 Å². The Morgan fingerprint density at radius 1 is 1.37 bits per heavy atom. The summed E-state index contributed by atoms with van der Waals surface area (Å²) in [6.07, 6.45) is 9.51. The first kappa shape index (κ1) is 13.1. The number of nitrogens with one attached hydrogen (secondary N) is 1. The number of aryl methyl sites for hydroxylation is 1. The van der Waals surface area contributed by atoms with E-state index in [0.29, 0.717) is 6.04 Å². The maximum atomic E-state index is 6.07. The largest absolute Gasteiger partial charge is 0.375 e. The third-order valence-electron chi connectivity index (χ3n) is 4.58. The lowest BCUT2D eigenvalue weighted by Gasteiger charge is -2.38. The Hall–Kier alpha value is -0.930. The Morgan fingerprint density at radius 2 is 2.21 bits per heavy atom. The first-order valence-electron chi connectivity index (χ1n) is 7.55. The average molecular weight is 260 g/mol. The van der Waals surface area contributed by atoms with Gasteiger partial charge in [0.15, 0.2) is 0 Å². The maximum Gasteiger partial charge on any atom is 0.0697 e. The number of hydrogen-bond donors (Lipinski definition) is 1. The van der Waals surface area contributed by atoms with Gasteiger partial charge in [-0.15, -0.1) is 0 Å². The number of aromatic nitrogens is 1. The Balaban J connectivity index is 1.53. The molecule has 1 atom stereocenters. The zero-order chi connectivity index (χ0) is 13.1. The second-order valence-electron chi connectivity index (χ2n) is 6.12. The lowest BCUT2D eigenvalue weighted by molar-refractivity contribution is -0.0837. The van der Waals surface area contributed by atoms with E-state index < -0.39 is 0 Å². The summed E-state index contributed by atoms with van der Waals surface area (Å²) in [6.45, 7) is 3.87. The molecule has 1 aromatic heterocycles. The summed E-state index contributed by atoms with van der Waals surface area (Å²) in [6, 6.07) is 4.85. The van der Waals surface area contributed by atoms with E-state index in [9.17, 15) is 0 Å². The van der Waals surface area contributed by atoms with E-state index in [2.05, 4.69) is 22.4 Å². The van der Waals surface area contributed by atoms with Crippen LogP contribution in [0.2, 0.25) is 0 Å². The fourth-order valence-electron chi connectivity index (χ4n) is 3.43. The van der Waals surface area contributed by atoms with E-state index in [1.807, 2.05) is 13.1 Å². The minimum absolute atomic E-state index is 0.210. The van der Waals surface area contributed by atoms with Gasteiger partial charge in [-0.1, -0.05) is 18.9 Å². The van der Waals surface area contributed by atoms with Gasteiger partial charge in [-0.2, -0.15) is 0 Å². The molecular weight excluding hydrogens is 236 g/mol. The smallest absolute Gasteiger partial charge is 0.0697 e. The third-order valence-corrected chi connectivity index (χ3v) is 4.58. The monoisotopic (exact) mass is 260 g/mol. The minimum Gasteiger partial charge on any atom is -0.375 e. The number of hydrogen-bond acceptors (Lipinski definition) is 3. The molecular formula is C16H24N2O. The molecule has 1 saturated carbocycles. The van der Waals surface area contributed by atoms with Gasteiger partial charge < -0.3 is 10.1 Å². The summed E-state index contributed by atoms with van der Waals surface area (Å²) < 4.78 is 6.07. The Bertz CT molecular complexity index is 409. The highest BCUT2D eigenvalue weighted by atomic mass is 16.5. The number of ether oxygens (including phenoxy) is 1. The highest BCUT2D eigenvalue weighted by molar-refractivity contribution is 5.13. The average Bonchev–Trinajstić information content (AvgIpc) is 2.86. The summed E-state index contributed by atoms with van der Waals surface area (Å²) in [7, 11) is 0. The Morgan fingerprint density at radius 3 is 2.95 bits per heavy atom. The van der Waals surface area contributed by atoms with Gasteiger partial charge in [0.05, 0.1) is 5.60 Å². The van der Waals surface area contributed by atoms with E-state index in [-0.39, 0.29) is 5.60 Å². The van der Waals surface area contributed by atoms with E-state index >= 15 is 0 Å². The van der Waals surface area contributed by atoms with Gasteiger partial charge in [-0.05, 0) is 44.2 Å². The van der Waals surface area contributed by atoms with Crippen LogP contribution in [0.1, 0.15) is 49.8 Å².